The molecule has 4 rings (SSSR count). The number of piperazine rings is 1. The highest BCUT2D eigenvalue weighted by Gasteiger charge is 2.18. The predicted octanol–water partition coefficient (Wildman–Crippen LogP) is 2.50. The number of amides is 1. The number of nitrogens with zero attached hydrogens (tertiary/aromatic N) is 5. The SMILES string of the molecule is Cc1cc(C)c(NC(=O)c2cnc(Nc3nc(C)nc(N4CCNCC4)n3)o2)c(C)c1. The van der Waals surface area contributed by atoms with Gasteiger partial charge >= 0.3 is 6.01 Å². The molecule has 3 N–H and O–H groups in total. The molecule has 0 atom stereocenters. The minimum Gasteiger partial charge on any atom is -0.418 e. The first-order chi connectivity index (χ1) is 14.9. The lowest BCUT2D eigenvalue weighted by molar-refractivity contribution is 0.0997. The maximum absolute atomic E-state index is 12.7. The van der Waals surface area contributed by atoms with Crippen LogP contribution in [0.15, 0.2) is 22.7 Å². The molecule has 0 saturated carbocycles. The zero-order chi connectivity index (χ0) is 22.0. The Morgan fingerprint density at radius 3 is 2.48 bits per heavy atom. The summed E-state index contributed by atoms with van der Waals surface area (Å²) in [5.41, 5.74) is 3.90. The number of aromatic nitrogens is 4. The van der Waals surface area contributed by atoms with E-state index < -0.39 is 0 Å². The van der Waals surface area contributed by atoms with Gasteiger partial charge < -0.3 is 20.0 Å². The highest BCUT2D eigenvalue weighted by atomic mass is 16.4. The molecule has 1 fully saturated rings. The minimum atomic E-state index is -0.371. The Bertz CT molecular complexity index is 1080. The van der Waals surface area contributed by atoms with Crippen molar-refractivity contribution in [1.29, 1.82) is 0 Å². The zero-order valence-corrected chi connectivity index (χ0v) is 18.1. The first-order valence-electron chi connectivity index (χ1n) is 10.2. The lowest BCUT2D eigenvalue weighted by Crippen LogP contribution is -2.44. The molecule has 31 heavy (non-hydrogen) atoms. The van der Waals surface area contributed by atoms with E-state index in [0.29, 0.717) is 17.7 Å². The van der Waals surface area contributed by atoms with Crippen LogP contribution in [-0.4, -0.2) is 52.0 Å². The van der Waals surface area contributed by atoms with Gasteiger partial charge in [0.2, 0.25) is 17.7 Å². The lowest BCUT2D eigenvalue weighted by Gasteiger charge is -2.27. The maximum atomic E-state index is 12.7. The van der Waals surface area contributed by atoms with Crippen molar-refractivity contribution in [3.63, 3.8) is 0 Å². The second kappa shape index (κ2) is 8.68. The summed E-state index contributed by atoms with van der Waals surface area (Å²) in [6, 6.07) is 4.18. The number of anilines is 4. The summed E-state index contributed by atoms with van der Waals surface area (Å²) in [6.07, 6.45) is 1.38. The fourth-order valence-corrected chi connectivity index (χ4v) is 3.61. The first-order valence-corrected chi connectivity index (χ1v) is 10.2. The normalized spacial score (nSPS) is 13.9. The number of carbonyl (C=O) groups is 1. The Kier molecular flexibility index (Phi) is 5.81. The summed E-state index contributed by atoms with van der Waals surface area (Å²) >= 11 is 0. The standard InChI is InChI=1S/C21H26N8O2/c1-12-9-13(2)17(14(3)10-12)26-18(30)16-11-23-21(31-16)28-19-24-15(4)25-20(27-19)29-7-5-22-6-8-29/h9-11,22H,5-8H2,1-4H3,(H,26,30)(H,23,24,25,27,28). The lowest BCUT2D eigenvalue weighted by atomic mass is 10.1. The number of hydrogen-bond acceptors (Lipinski definition) is 9. The summed E-state index contributed by atoms with van der Waals surface area (Å²) in [5.74, 6) is 1.23. The van der Waals surface area contributed by atoms with E-state index in [1.807, 2.05) is 32.9 Å². The molecule has 1 aromatic carbocycles. The topological polar surface area (TPSA) is 121 Å². The van der Waals surface area contributed by atoms with E-state index in [1.165, 1.54) is 6.20 Å². The average molecular weight is 422 g/mol. The van der Waals surface area contributed by atoms with Crippen LogP contribution in [0.2, 0.25) is 0 Å². The molecule has 0 spiro atoms. The summed E-state index contributed by atoms with van der Waals surface area (Å²) in [4.78, 5) is 32.1. The van der Waals surface area contributed by atoms with Crippen LogP contribution >= 0.6 is 0 Å². The number of carbonyl (C=O) groups excluding carboxylic acids is 1. The van der Waals surface area contributed by atoms with Crippen LogP contribution in [0, 0.1) is 27.7 Å². The van der Waals surface area contributed by atoms with Crippen LogP contribution in [0.5, 0.6) is 0 Å². The molecule has 162 valence electrons. The second-order valence-electron chi connectivity index (χ2n) is 7.63. The van der Waals surface area contributed by atoms with Crippen molar-refractivity contribution in [2.45, 2.75) is 27.7 Å². The van der Waals surface area contributed by atoms with Crippen molar-refractivity contribution in [3.05, 3.63) is 46.6 Å². The summed E-state index contributed by atoms with van der Waals surface area (Å²) in [5, 5.41) is 9.14. The van der Waals surface area contributed by atoms with Gasteiger partial charge in [-0.1, -0.05) is 17.7 Å². The molecule has 1 amide bonds. The number of aryl methyl sites for hydroxylation is 4. The Morgan fingerprint density at radius 2 is 1.77 bits per heavy atom. The highest BCUT2D eigenvalue weighted by molar-refractivity contribution is 6.03. The van der Waals surface area contributed by atoms with Crippen molar-refractivity contribution >= 4 is 29.5 Å². The molecule has 1 saturated heterocycles. The maximum Gasteiger partial charge on any atom is 0.302 e. The Hall–Kier alpha value is -3.53. The van der Waals surface area contributed by atoms with Crippen LogP contribution in [0.3, 0.4) is 0 Å². The molecule has 0 aliphatic carbocycles. The molecule has 0 bridgehead atoms. The van der Waals surface area contributed by atoms with E-state index in [0.717, 1.165) is 48.6 Å². The van der Waals surface area contributed by atoms with Gasteiger partial charge in [-0.05, 0) is 38.8 Å². The van der Waals surface area contributed by atoms with Gasteiger partial charge in [-0.2, -0.15) is 15.0 Å². The van der Waals surface area contributed by atoms with Crippen LogP contribution in [0.1, 0.15) is 33.1 Å². The van der Waals surface area contributed by atoms with E-state index >= 15 is 0 Å². The van der Waals surface area contributed by atoms with E-state index in [2.05, 4.69) is 40.8 Å². The third kappa shape index (κ3) is 4.80. The molecule has 10 heteroatoms. The van der Waals surface area contributed by atoms with Gasteiger partial charge in [-0.15, -0.1) is 0 Å². The van der Waals surface area contributed by atoms with Crippen molar-refractivity contribution in [2.24, 2.45) is 0 Å². The fraction of sp³-hybridized carbons (Fsp3) is 0.381. The molecule has 1 aliphatic rings. The van der Waals surface area contributed by atoms with E-state index in [1.54, 1.807) is 6.92 Å². The van der Waals surface area contributed by atoms with Gasteiger partial charge in [0.15, 0.2) is 0 Å². The predicted molar refractivity (Wildman–Crippen MR) is 118 cm³/mol. The number of hydrogen-bond donors (Lipinski definition) is 3. The Balaban J connectivity index is 1.48. The Labute approximate surface area is 180 Å². The molecule has 10 nitrogen and oxygen atoms in total. The molecule has 3 heterocycles. The average Bonchev–Trinajstić information content (AvgIpc) is 3.19. The van der Waals surface area contributed by atoms with Crippen LogP contribution in [0.25, 0.3) is 0 Å². The molecule has 0 radical (unpaired) electrons. The van der Waals surface area contributed by atoms with Gasteiger partial charge in [0.1, 0.15) is 5.82 Å². The van der Waals surface area contributed by atoms with E-state index in [-0.39, 0.29) is 17.7 Å². The molecule has 0 unspecified atom stereocenters. The summed E-state index contributed by atoms with van der Waals surface area (Å²) in [6.45, 7) is 11.2. The third-order valence-corrected chi connectivity index (χ3v) is 5.00. The molecular formula is C21H26N8O2. The molecular weight excluding hydrogens is 396 g/mol. The minimum absolute atomic E-state index is 0.0926. The molecule has 1 aliphatic heterocycles. The molecule has 3 aromatic rings. The van der Waals surface area contributed by atoms with Crippen molar-refractivity contribution in [3.8, 4) is 0 Å². The van der Waals surface area contributed by atoms with Gasteiger partial charge in [-0.3, -0.25) is 10.1 Å². The van der Waals surface area contributed by atoms with Crippen LogP contribution in [0.4, 0.5) is 23.6 Å². The summed E-state index contributed by atoms with van der Waals surface area (Å²) in [7, 11) is 0. The van der Waals surface area contributed by atoms with Gasteiger partial charge in [0.05, 0.1) is 6.20 Å². The fourth-order valence-electron chi connectivity index (χ4n) is 3.61. The monoisotopic (exact) mass is 422 g/mol. The van der Waals surface area contributed by atoms with Crippen LogP contribution < -0.4 is 20.9 Å². The van der Waals surface area contributed by atoms with Crippen molar-refractivity contribution in [1.82, 2.24) is 25.3 Å². The smallest absolute Gasteiger partial charge is 0.302 e. The Morgan fingerprint density at radius 1 is 1.06 bits per heavy atom. The second-order valence-corrected chi connectivity index (χ2v) is 7.63. The molecule has 2 aromatic heterocycles. The van der Waals surface area contributed by atoms with Crippen LogP contribution in [-0.2, 0) is 0 Å². The van der Waals surface area contributed by atoms with Gasteiger partial charge in [-0.25, -0.2) is 4.98 Å². The van der Waals surface area contributed by atoms with Gasteiger partial charge in [0.25, 0.3) is 5.91 Å². The number of oxazole rings is 1. The van der Waals surface area contributed by atoms with E-state index in [9.17, 15) is 4.79 Å². The number of rotatable bonds is 5. The van der Waals surface area contributed by atoms with Crippen molar-refractivity contribution < 1.29 is 9.21 Å². The first kappa shape index (κ1) is 20.7. The summed E-state index contributed by atoms with van der Waals surface area (Å²) < 4.78 is 5.59. The zero-order valence-electron chi connectivity index (χ0n) is 18.1. The van der Waals surface area contributed by atoms with E-state index in [4.69, 9.17) is 4.42 Å². The number of benzene rings is 1. The quantitative estimate of drug-likeness (QED) is 0.569. The third-order valence-electron chi connectivity index (χ3n) is 5.00. The number of nitrogens with one attached hydrogen (secondary N) is 3. The van der Waals surface area contributed by atoms with Gasteiger partial charge in [0, 0.05) is 31.9 Å². The largest absolute Gasteiger partial charge is 0.418 e. The highest BCUT2D eigenvalue weighted by Crippen LogP contribution is 2.23. The van der Waals surface area contributed by atoms with Crippen molar-refractivity contribution in [2.75, 3.05) is 41.7 Å².